The number of ether oxygens (including phenoxy) is 1. The number of anilines is 1. The van der Waals surface area contributed by atoms with E-state index in [2.05, 4.69) is 16.0 Å². The quantitative estimate of drug-likeness (QED) is 0.261. The highest BCUT2D eigenvalue weighted by molar-refractivity contribution is 7.23. The van der Waals surface area contributed by atoms with Crippen molar-refractivity contribution in [1.82, 2.24) is 15.6 Å². The Kier molecular flexibility index (Phi) is 7.68. The number of nitrogens with one attached hydrogen (secondary N) is 3. The maximum Gasteiger partial charge on any atom is 0.226 e. The molecule has 10 heteroatoms. The van der Waals surface area contributed by atoms with Crippen LogP contribution in [-0.2, 0) is 22.5 Å². The largest absolute Gasteiger partial charge is 0.383 e. The first-order chi connectivity index (χ1) is 17.5. The summed E-state index contributed by atoms with van der Waals surface area (Å²) in [6, 6.07) is 9.14. The number of hydrogen-bond acceptors (Lipinski definition) is 7. The monoisotopic (exact) mass is 528 g/mol. The van der Waals surface area contributed by atoms with Crippen LogP contribution in [-0.4, -0.2) is 44.2 Å². The molecule has 0 spiro atoms. The zero-order chi connectivity index (χ0) is 25.1. The number of fused-ring (bicyclic) bond motifs is 2. The molecule has 0 saturated heterocycles. The Morgan fingerprint density at radius 1 is 1.14 bits per heavy atom. The molecule has 1 amide bonds. The summed E-state index contributed by atoms with van der Waals surface area (Å²) >= 11 is 3.05. The number of aromatic nitrogens is 1. The van der Waals surface area contributed by atoms with Crippen molar-refractivity contribution >= 4 is 43.8 Å². The fourth-order valence-electron chi connectivity index (χ4n) is 4.30. The van der Waals surface area contributed by atoms with Crippen LogP contribution in [0.25, 0.3) is 31.9 Å². The molecule has 0 radical (unpaired) electrons. The normalized spacial score (nSPS) is 13.2. The van der Waals surface area contributed by atoms with E-state index in [0.717, 1.165) is 45.3 Å². The van der Waals surface area contributed by atoms with Crippen LogP contribution < -0.4 is 16.0 Å². The van der Waals surface area contributed by atoms with E-state index in [-0.39, 0.29) is 11.5 Å². The van der Waals surface area contributed by atoms with Crippen LogP contribution in [0.3, 0.4) is 0 Å². The number of rotatable bonds is 9. The van der Waals surface area contributed by atoms with Crippen LogP contribution in [0.4, 0.5) is 13.8 Å². The number of amides is 1. The number of halogens is 2. The summed E-state index contributed by atoms with van der Waals surface area (Å²) < 4.78 is 34.6. The molecule has 1 aliphatic rings. The first-order valence-electron chi connectivity index (χ1n) is 11.7. The predicted molar refractivity (Wildman–Crippen MR) is 142 cm³/mol. The SMILES string of the molecule is COCCNCCC(=O)Nc1sc2c(c1-c1nc3ccc(-c4c(F)cccc4F)cc3s1)CCNC2. The third-order valence-electron chi connectivity index (χ3n) is 6.05. The summed E-state index contributed by atoms with van der Waals surface area (Å²) in [6.45, 7) is 3.46. The Bertz CT molecular complexity index is 1380. The van der Waals surface area contributed by atoms with Gasteiger partial charge >= 0.3 is 0 Å². The third-order valence-corrected chi connectivity index (χ3v) is 8.23. The van der Waals surface area contributed by atoms with Crippen molar-refractivity contribution in [2.45, 2.75) is 19.4 Å². The maximum atomic E-state index is 14.4. The second-order valence-electron chi connectivity index (χ2n) is 8.47. The molecule has 0 bridgehead atoms. The molecule has 6 nitrogen and oxygen atoms in total. The lowest BCUT2D eigenvalue weighted by atomic mass is 10.0. The second kappa shape index (κ2) is 11.1. The average Bonchev–Trinajstić information content (AvgIpc) is 3.44. The molecule has 0 fully saturated rings. The molecular weight excluding hydrogens is 502 g/mol. The van der Waals surface area contributed by atoms with Gasteiger partial charge in [-0.3, -0.25) is 4.79 Å². The summed E-state index contributed by atoms with van der Waals surface area (Å²) in [5.41, 5.74) is 3.34. The van der Waals surface area contributed by atoms with Gasteiger partial charge in [-0.05, 0) is 48.4 Å². The topological polar surface area (TPSA) is 75.3 Å². The Hall–Kier alpha value is -2.76. The Morgan fingerprint density at radius 2 is 1.97 bits per heavy atom. The van der Waals surface area contributed by atoms with E-state index in [4.69, 9.17) is 9.72 Å². The highest BCUT2D eigenvalue weighted by Gasteiger charge is 2.25. The van der Waals surface area contributed by atoms with Gasteiger partial charge in [0, 0.05) is 43.6 Å². The lowest BCUT2D eigenvalue weighted by molar-refractivity contribution is -0.116. The zero-order valence-electron chi connectivity index (χ0n) is 19.7. The van der Waals surface area contributed by atoms with Crippen molar-refractivity contribution in [3.05, 3.63) is 58.5 Å². The number of benzene rings is 2. The number of thiazole rings is 1. The van der Waals surface area contributed by atoms with E-state index in [9.17, 15) is 13.6 Å². The first-order valence-corrected chi connectivity index (χ1v) is 13.4. The molecule has 0 saturated carbocycles. The van der Waals surface area contributed by atoms with Crippen molar-refractivity contribution in [2.75, 3.05) is 38.7 Å². The number of nitrogens with zero attached hydrogens (tertiary/aromatic N) is 1. The van der Waals surface area contributed by atoms with Gasteiger partial charge in [-0.2, -0.15) is 0 Å². The molecule has 2 aromatic heterocycles. The van der Waals surface area contributed by atoms with Crippen LogP contribution in [0.15, 0.2) is 36.4 Å². The smallest absolute Gasteiger partial charge is 0.226 e. The summed E-state index contributed by atoms with van der Waals surface area (Å²) in [7, 11) is 1.64. The van der Waals surface area contributed by atoms with Crippen molar-refractivity contribution in [3.63, 3.8) is 0 Å². The van der Waals surface area contributed by atoms with Crippen molar-refractivity contribution in [3.8, 4) is 21.7 Å². The van der Waals surface area contributed by atoms with Crippen molar-refractivity contribution < 1.29 is 18.3 Å². The summed E-state index contributed by atoms with van der Waals surface area (Å²) in [5.74, 6) is -1.26. The van der Waals surface area contributed by atoms with Gasteiger partial charge in [-0.1, -0.05) is 12.1 Å². The van der Waals surface area contributed by atoms with E-state index in [0.29, 0.717) is 31.7 Å². The second-order valence-corrected chi connectivity index (χ2v) is 10.6. The molecule has 188 valence electrons. The number of carbonyl (C=O) groups is 1. The molecule has 5 rings (SSSR count). The Labute approximate surface area is 215 Å². The van der Waals surface area contributed by atoms with Crippen LogP contribution in [0, 0.1) is 11.6 Å². The predicted octanol–water partition coefficient (Wildman–Crippen LogP) is 5.18. The molecule has 3 heterocycles. The Morgan fingerprint density at radius 3 is 2.78 bits per heavy atom. The van der Waals surface area contributed by atoms with E-state index < -0.39 is 11.6 Å². The lowest BCUT2D eigenvalue weighted by Crippen LogP contribution is -2.24. The molecule has 4 aromatic rings. The zero-order valence-corrected chi connectivity index (χ0v) is 21.4. The van der Waals surface area contributed by atoms with Crippen LogP contribution in [0.2, 0.25) is 0 Å². The van der Waals surface area contributed by atoms with E-state index in [1.807, 2.05) is 0 Å². The minimum atomic E-state index is -0.597. The third kappa shape index (κ3) is 5.18. The standard InChI is InChI=1S/C26H26F2N4O2S2/c1-34-12-11-29-10-8-22(33)32-26-24(16-7-9-30-14-21(16)36-26)25-31-19-6-5-15(13-20(19)35-25)23-17(27)3-2-4-18(23)28/h2-6,13,29-30H,7-12,14H2,1H3,(H,32,33). The molecular formula is C26H26F2N4O2S2. The highest BCUT2D eigenvalue weighted by atomic mass is 32.1. The van der Waals surface area contributed by atoms with Gasteiger partial charge in [0.05, 0.1) is 22.4 Å². The van der Waals surface area contributed by atoms with E-state index in [1.165, 1.54) is 40.0 Å². The molecule has 3 N–H and O–H groups in total. The summed E-state index contributed by atoms with van der Waals surface area (Å²) in [4.78, 5) is 18.7. The highest BCUT2D eigenvalue weighted by Crippen LogP contribution is 2.45. The van der Waals surface area contributed by atoms with Gasteiger partial charge in [-0.25, -0.2) is 13.8 Å². The van der Waals surface area contributed by atoms with Gasteiger partial charge in [0.2, 0.25) is 5.91 Å². The van der Waals surface area contributed by atoms with Gasteiger partial charge in [0.1, 0.15) is 21.6 Å². The number of carbonyl (C=O) groups excluding carboxylic acids is 1. The molecule has 0 aliphatic carbocycles. The number of hydrogen-bond donors (Lipinski definition) is 3. The molecule has 36 heavy (non-hydrogen) atoms. The van der Waals surface area contributed by atoms with Crippen molar-refractivity contribution in [2.24, 2.45) is 0 Å². The van der Waals surface area contributed by atoms with Gasteiger partial charge in [-0.15, -0.1) is 22.7 Å². The fourth-order valence-corrected chi connectivity index (χ4v) is 6.68. The Balaban J connectivity index is 1.46. The minimum Gasteiger partial charge on any atom is -0.383 e. The van der Waals surface area contributed by atoms with E-state index in [1.54, 1.807) is 36.6 Å². The summed E-state index contributed by atoms with van der Waals surface area (Å²) in [6.07, 6.45) is 1.19. The van der Waals surface area contributed by atoms with Gasteiger partial charge in [0.25, 0.3) is 0 Å². The molecule has 0 unspecified atom stereocenters. The lowest BCUT2D eigenvalue weighted by Gasteiger charge is -2.13. The van der Waals surface area contributed by atoms with Gasteiger partial charge < -0.3 is 20.7 Å². The van der Waals surface area contributed by atoms with Gasteiger partial charge in [0.15, 0.2) is 0 Å². The minimum absolute atomic E-state index is 0.0413. The average molecular weight is 529 g/mol. The maximum absolute atomic E-state index is 14.4. The van der Waals surface area contributed by atoms with Crippen LogP contribution in [0.5, 0.6) is 0 Å². The molecule has 2 aromatic carbocycles. The van der Waals surface area contributed by atoms with Crippen molar-refractivity contribution in [1.29, 1.82) is 0 Å². The number of thiophene rings is 1. The molecule has 1 aliphatic heterocycles. The fraction of sp³-hybridized carbons (Fsp3) is 0.308. The summed E-state index contributed by atoms with van der Waals surface area (Å²) in [5, 5.41) is 11.3. The van der Waals surface area contributed by atoms with E-state index >= 15 is 0 Å². The van der Waals surface area contributed by atoms with Crippen LogP contribution >= 0.6 is 22.7 Å². The first kappa shape index (κ1) is 24.9. The molecule has 0 atom stereocenters. The van der Waals surface area contributed by atoms with Crippen LogP contribution in [0.1, 0.15) is 16.9 Å². The number of methoxy groups -OCH3 is 1.